The van der Waals surface area contributed by atoms with E-state index in [1.165, 1.54) is 7.74 Å². The first-order valence-corrected chi connectivity index (χ1v) is 7.63. The second-order valence-corrected chi connectivity index (χ2v) is 6.90. The average molecular weight is 488 g/mol. The quantitative estimate of drug-likeness (QED) is 0.386. The van der Waals surface area contributed by atoms with Crippen LogP contribution in [0.2, 0.25) is 0 Å². The van der Waals surface area contributed by atoms with E-state index in [-0.39, 0.29) is 0 Å². The molecule has 0 saturated heterocycles. The second kappa shape index (κ2) is 8.50. The third-order valence-electron chi connectivity index (χ3n) is 1.81. The predicted molar refractivity (Wildman–Crippen MR) is 70.5 cm³/mol. The summed E-state index contributed by atoms with van der Waals surface area (Å²) in [6.45, 7) is -1.21. The van der Waals surface area contributed by atoms with Gasteiger partial charge in [0.15, 0.2) is 0 Å². The largest absolute Gasteiger partial charge is 0.394 e. The fraction of sp³-hybridized carbons (Fsp3) is 0.400. The summed E-state index contributed by atoms with van der Waals surface area (Å²) in [4.78, 5) is 0. The summed E-state index contributed by atoms with van der Waals surface area (Å²) in [5, 5.41) is 25.0. The molecular formula is C10H17BiBrNO3. The SMILES string of the molecule is Brc1cc[c]([BiH2])cc1.NC(CO)(CO)CO. The van der Waals surface area contributed by atoms with Gasteiger partial charge in [0.2, 0.25) is 0 Å². The molecule has 4 nitrogen and oxygen atoms in total. The molecule has 0 unspecified atom stereocenters. The number of rotatable bonds is 3. The molecular weight excluding hydrogens is 471 g/mol. The van der Waals surface area contributed by atoms with Crippen molar-refractivity contribution < 1.29 is 15.3 Å². The van der Waals surface area contributed by atoms with Crippen LogP contribution in [-0.4, -0.2) is 65.4 Å². The number of aliphatic hydroxyl groups excluding tert-OH is 3. The van der Waals surface area contributed by atoms with Crippen LogP contribution in [-0.2, 0) is 0 Å². The van der Waals surface area contributed by atoms with Gasteiger partial charge in [0, 0.05) is 0 Å². The summed E-state index contributed by atoms with van der Waals surface area (Å²) in [5.74, 6) is 0. The molecule has 1 aromatic carbocycles. The maximum Gasteiger partial charge on any atom is 0.0856 e. The molecule has 92 valence electrons. The molecule has 0 aromatic heterocycles. The zero-order valence-corrected chi connectivity index (χ0v) is 14.9. The fourth-order valence-electron chi connectivity index (χ4n) is 0.613. The molecule has 6 heteroatoms. The van der Waals surface area contributed by atoms with Crippen LogP contribution < -0.4 is 9.01 Å². The van der Waals surface area contributed by atoms with E-state index in [9.17, 15) is 0 Å². The Morgan fingerprint density at radius 2 is 1.44 bits per heavy atom. The molecule has 0 aliphatic heterocycles. The van der Waals surface area contributed by atoms with Crippen LogP contribution in [0.5, 0.6) is 0 Å². The van der Waals surface area contributed by atoms with Gasteiger partial charge in [-0.25, -0.2) is 0 Å². The van der Waals surface area contributed by atoms with Crippen molar-refractivity contribution in [3.63, 3.8) is 0 Å². The van der Waals surface area contributed by atoms with Gasteiger partial charge in [0.25, 0.3) is 0 Å². The topological polar surface area (TPSA) is 86.7 Å². The first-order chi connectivity index (χ1) is 7.47. The summed E-state index contributed by atoms with van der Waals surface area (Å²) in [6, 6.07) is 8.45. The predicted octanol–water partition coefficient (Wildman–Crippen LogP) is -1.63. The van der Waals surface area contributed by atoms with Gasteiger partial charge in [-0.05, 0) is 0 Å². The minimum absolute atomic E-state index is 0.403. The number of aliphatic hydroxyl groups is 3. The first kappa shape index (κ1) is 16.4. The molecule has 0 fully saturated rings. The van der Waals surface area contributed by atoms with Gasteiger partial charge in [-0.3, -0.25) is 0 Å². The molecule has 0 atom stereocenters. The Labute approximate surface area is 118 Å². The van der Waals surface area contributed by atoms with Crippen LogP contribution in [0, 0.1) is 0 Å². The van der Waals surface area contributed by atoms with Crippen LogP contribution in [0.3, 0.4) is 0 Å². The number of halogens is 1. The van der Waals surface area contributed by atoms with Gasteiger partial charge in [-0.1, -0.05) is 0 Å². The average Bonchev–Trinajstić information content (AvgIpc) is 2.33. The Morgan fingerprint density at radius 1 is 1.06 bits per heavy atom. The molecule has 0 heterocycles. The van der Waals surface area contributed by atoms with E-state index in [0.29, 0.717) is 0 Å². The number of hydrogen-bond donors (Lipinski definition) is 4. The Kier molecular flexibility index (Phi) is 8.73. The molecule has 1 rings (SSSR count). The van der Waals surface area contributed by atoms with Crippen molar-refractivity contribution in [3.05, 3.63) is 28.7 Å². The van der Waals surface area contributed by atoms with Crippen molar-refractivity contribution in [2.45, 2.75) is 5.54 Å². The summed E-state index contributed by atoms with van der Waals surface area (Å²) in [5.41, 5.74) is 3.94. The maximum atomic E-state index is 8.34. The zero-order chi connectivity index (χ0) is 12.6. The third kappa shape index (κ3) is 6.89. The molecule has 0 aliphatic carbocycles. The Bertz CT molecular complexity index is 261. The van der Waals surface area contributed by atoms with E-state index in [1.807, 2.05) is 0 Å². The minimum atomic E-state index is -1.21. The van der Waals surface area contributed by atoms with Gasteiger partial charge in [0.05, 0.1) is 25.4 Å². The smallest absolute Gasteiger partial charge is 0.0856 e. The van der Waals surface area contributed by atoms with Crippen molar-refractivity contribution in [1.82, 2.24) is 0 Å². The standard InChI is InChI=1S/C6H4Br.C4H11NO3.Bi.2H/c7-6-4-2-1-3-5-6;5-4(1-6,2-7)3-8;;;/h2-5H;6-8H,1-3,5H2;;;. The van der Waals surface area contributed by atoms with Gasteiger partial charge in [0.1, 0.15) is 0 Å². The first-order valence-electron chi connectivity index (χ1n) is 4.60. The molecule has 0 bridgehead atoms. The van der Waals surface area contributed by atoms with Crippen molar-refractivity contribution in [2.75, 3.05) is 19.8 Å². The van der Waals surface area contributed by atoms with Gasteiger partial charge < -0.3 is 21.1 Å². The van der Waals surface area contributed by atoms with Gasteiger partial charge in [-0.15, -0.1) is 0 Å². The van der Waals surface area contributed by atoms with Crippen LogP contribution in [0.25, 0.3) is 0 Å². The Morgan fingerprint density at radius 3 is 1.62 bits per heavy atom. The number of benzene rings is 1. The van der Waals surface area contributed by atoms with Gasteiger partial charge in [-0.2, -0.15) is 0 Å². The Balaban J connectivity index is 0.000000281. The summed E-state index contributed by atoms with van der Waals surface area (Å²) in [7, 11) is 0. The van der Waals surface area contributed by atoms with E-state index < -0.39 is 25.4 Å². The molecule has 5 N–H and O–H groups in total. The molecule has 0 spiro atoms. The minimum Gasteiger partial charge on any atom is -0.394 e. The second-order valence-electron chi connectivity index (χ2n) is 3.39. The number of nitrogens with two attached hydrogens (primary N) is 1. The number of hydrogen-bond acceptors (Lipinski definition) is 4. The van der Waals surface area contributed by atoms with Crippen LogP contribution in [0.4, 0.5) is 0 Å². The summed E-state index contributed by atoms with van der Waals surface area (Å²) >= 11 is 4.33. The maximum absolute atomic E-state index is 8.34. The molecule has 1 aromatic rings. The normalized spacial score (nSPS) is 10.6. The van der Waals surface area contributed by atoms with Crippen LogP contribution in [0.15, 0.2) is 28.7 Å². The van der Waals surface area contributed by atoms with Gasteiger partial charge >= 0.3 is 72.7 Å². The Hall–Kier alpha value is 0.423. The van der Waals surface area contributed by atoms with Crippen LogP contribution in [0.1, 0.15) is 0 Å². The van der Waals surface area contributed by atoms with E-state index >= 15 is 0 Å². The van der Waals surface area contributed by atoms with Crippen molar-refractivity contribution in [1.29, 1.82) is 0 Å². The fourth-order valence-corrected chi connectivity index (χ4v) is 1.63. The van der Waals surface area contributed by atoms with E-state index in [2.05, 4.69) is 40.2 Å². The molecule has 16 heavy (non-hydrogen) atoms. The molecule has 0 saturated carbocycles. The molecule has 0 radical (unpaired) electrons. The monoisotopic (exact) mass is 487 g/mol. The molecule has 0 aliphatic rings. The summed E-state index contributed by atoms with van der Waals surface area (Å²) in [6.07, 6.45) is 0. The van der Waals surface area contributed by atoms with E-state index in [4.69, 9.17) is 21.1 Å². The van der Waals surface area contributed by atoms with E-state index in [1.54, 1.807) is 0 Å². The summed E-state index contributed by atoms with van der Waals surface area (Å²) < 4.78 is 2.63. The van der Waals surface area contributed by atoms with Crippen molar-refractivity contribution in [3.8, 4) is 0 Å². The third-order valence-corrected chi connectivity index (χ3v) is 3.84. The van der Waals surface area contributed by atoms with Crippen molar-refractivity contribution >= 4 is 43.9 Å². The van der Waals surface area contributed by atoms with Crippen LogP contribution >= 0.6 is 15.9 Å². The molecule has 0 amide bonds. The van der Waals surface area contributed by atoms with Crippen molar-refractivity contribution in [2.24, 2.45) is 5.73 Å². The van der Waals surface area contributed by atoms with E-state index in [0.717, 1.165) is 24.7 Å². The zero-order valence-electron chi connectivity index (χ0n) is 8.81.